The zero-order valence-electron chi connectivity index (χ0n) is 12.7. The lowest BCUT2D eigenvalue weighted by atomic mass is 10.1. The number of pyridine rings is 1. The number of anilines is 1. The van der Waals surface area contributed by atoms with Crippen LogP contribution in [0.2, 0.25) is 0 Å². The summed E-state index contributed by atoms with van der Waals surface area (Å²) in [6.45, 7) is 6.66. The Morgan fingerprint density at radius 2 is 2.10 bits per heavy atom. The number of nitrogens with zero attached hydrogens (tertiary/aromatic N) is 2. The van der Waals surface area contributed by atoms with E-state index >= 15 is 0 Å². The monoisotopic (exact) mass is 302 g/mol. The predicted octanol–water partition coefficient (Wildman–Crippen LogP) is 3.45. The van der Waals surface area contributed by atoms with Crippen LogP contribution in [0, 0.1) is 0 Å². The molecule has 0 bridgehead atoms. The highest BCUT2D eigenvalue weighted by Gasteiger charge is 2.25. The summed E-state index contributed by atoms with van der Waals surface area (Å²) >= 11 is 2.04. The maximum Gasteiger partial charge on any atom is 0.136 e. The number of benzene rings is 1. The van der Waals surface area contributed by atoms with Gasteiger partial charge in [-0.2, -0.15) is 11.8 Å². The van der Waals surface area contributed by atoms with Gasteiger partial charge in [-0.15, -0.1) is 0 Å². The fraction of sp³-hybridized carbons (Fsp3) is 0.471. The van der Waals surface area contributed by atoms with Crippen molar-refractivity contribution >= 4 is 28.4 Å². The van der Waals surface area contributed by atoms with E-state index in [1.807, 2.05) is 23.9 Å². The summed E-state index contributed by atoms with van der Waals surface area (Å²) in [5.74, 6) is 2.14. The topological polar surface area (TPSA) is 36.4 Å². The van der Waals surface area contributed by atoms with Gasteiger partial charge in [0.05, 0.1) is 12.3 Å². The zero-order chi connectivity index (χ0) is 14.9. The molecule has 1 fully saturated rings. The molecule has 21 heavy (non-hydrogen) atoms. The summed E-state index contributed by atoms with van der Waals surface area (Å²) in [5.41, 5.74) is 0.750. The summed E-state index contributed by atoms with van der Waals surface area (Å²) in [6.07, 6.45) is 1.15. The van der Waals surface area contributed by atoms with Gasteiger partial charge >= 0.3 is 0 Å². The first-order valence-electron chi connectivity index (χ1n) is 7.47. The first-order valence-corrected chi connectivity index (χ1v) is 8.46. The smallest absolute Gasteiger partial charge is 0.136 e. The van der Waals surface area contributed by atoms with Gasteiger partial charge in [0.25, 0.3) is 0 Å². The molecule has 0 atom stereocenters. The SMILES string of the molecule is CC1(C)CCN(c2nc(CO)cc3ccccc23)CCS1. The van der Waals surface area contributed by atoms with Crippen LogP contribution in [0.1, 0.15) is 26.0 Å². The highest BCUT2D eigenvalue weighted by atomic mass is 32.2. The zero-order valence-corrected chi connectivity index (χ0v) is 13.5. The summed E-state index contributed by atoms with van der Waals surface area (Å²) < 4.78 is 0.332. The molecule has 0 aliphatic carbocycles. The van der Waals surface area contributed by atoms with Crippen LogP contribution < -0.4 is 4.90 Å². The molecule has 4 heteroatoms. The number of aliphatic hydroxyl groups excluding tert-OH is 1. The number of hydrogen-bond acceptors (Lipinski definition) is 4. The van der Waals surface area contributed by atoms with Crippen LogP contribution in [0.25, 0.3) is 10.8 Å². The van der Waals surface area contributed by atoms with E-state index in [4.69, 9.17) is 4.98 Å². The minimum atomic E-state index is -0.00802. The van der Waals surface area contributed by atoms with Crippen molar-refractivity contribution in [2.45, 2.75) is 31.6 Å². The Hall–Kier alpha value is -1.26. The molecular formula is C17H22N2OS. The Bertz CT molecular complexity index is 642. The summed E-state index contributed by atoms with van der Waals surface area (Å²) in [6, 6.07) is 10.3. The highest BCUT2D eigenvalue weighted by molar-refractivity contribution is 8.00. The molecule has 0 amide bonds. The molecule has 112 valence electrons. The van der Waals surface area contributed by atoms with Crippen molar-refractivity contribution in [3.8, 4) is 0 Å². The molecule has 1 aliphatic heterocycles. The third-order valence-electron chi connectivity index (χ3n) is 4.07. The van der Waals surface area contributed by atoms with E-state index < -0.39 is 0 Å². The van der Waals surface area contributed by atoms with Crippen molar-refractivity contribution < 1.29 is 5.11 Å². The second-order valence-corrected chi connectivity index (χ2v) is 7.96. The Kier molecular flexibility index (Phi) is 4.09. The average Bonchev–Trinajstić information content (AvgIpc) is 2.67. The van der Waals surface area contributed by atoms with Crippen molar-refractivity contribution in [2.24, 2.45) is 0 Å². The minimum Gasteiger partial charge on any atom is -0.390 e. The van der Waals surface area contributed by atoms with Crippen LogP contribution in [0.4, 0.5) is 5.82 Å². The molecule has 0 radical (unpaired) electrons. The number of thioether (sulfide) groups is 1. The standard InChI is InChI=1S/C17H22N2OS/c1-17(2)7-8-19(9-10-21-17)16-15-6-4-3-5-13(15)11-14(12-20)18-16/h3-6,11,20H,7-10,12H2,1-2H3. The molecular weight excluding hydrogens is 280 g/mol. The van der Waals surface area contributed by atoms with Crippen molar-refractivity contribution in [3.05, 3.63) is 36.0 Å². The molecule has 1 aliphatic rings. The van der Waals surface area contributed by atoms with Gasteiger partial charge < -0.3 is 10.0 Å². The van der Waals surface area contributed by atoms with Crippen LogP contribution in [0.3, 0.4) is 0 Å². The third kappa shape index (κ3) is 3.16. The van der Waals surface area contributed by atoms with Crippen LogP contribution in [0.5, 0.6) is 0 Å². The Morgan fingerprint density at radius 3 is 2.90 bits per heavy atom. The fourth-order valence-electron chi connectivity index (χ4n) is 2.79. The number of fused-ring (bicyclic) bond motifs is 1. The Balaban J connectivity index is 2.02. The summed E-state index contributed by atoms with van der Waals surface area (Å²) in [4.78, 5) is 7.08. The van der Waals surface area contributed by atoms with Gasteiger partial charge in [0.15, 0.2) is 0 Å². The van der Waals surface area contributed by atoms with Gasteiger partial charge in [-0.3, -0.25) is 0 Å². The van der Waals surface area contributed by atoms with E-state index in [2.05, 4.69) is 36.9 Å². The minimum absolute atomic E-state index is 0.00802. The molecule has 3 rings (SSSR count). The number of rotatable bonds is 2. The lowest BCUT2D eigenvalue weighted by molar-refractivity contribution is 0.277. The maximum atomic E-state index is 9.47. The van der Waals surface area contributed by atoms with Crippen LogP contribution in [0.15, 0.2) is 30.3 Å². The first kappa shape index (κ1) is 14.7. The van der Waals surface area contributed by atoms with E-state index in [1.165, 1.54) is 5.39 Å². The molecule has 0 unspecified atom stereocenters. The van der Waals surface area contributed by atoms with Crippen molar-refractivity contribution in [1.29, 1.82) is 0 Å². The number of aromatic nitrogens is 1. The fourth-order valence-corrected chi connectivity index (χ4v) is 3.89. The molecule has 1 N–H and O–H groups in total. The molecule has 3 nitrogen and oxygen atoms in total. The normalized spacial score (nSPS) is 18.7. The van der Waals surface area contributed by atoms with Crippen molar-refractivity contribution in [2.75, 3.05) is 23.7 Å². The van der Waals surface area contributed by atoms with E-state index in [0.717, 1.165) is 42.2 Å². The molecule has 1 aromatic carbocycles. The van der Waals surface area contributed by atoms with E-state index in [1.54, 1.807) is 0 Å². The van der Waals surface area contributed by atoms with Crippen LogP contribution in [-0.2, 0) is 6.61 Å². The van der Waals surface area contributed by atoms with Gasteiger partial charge in [-0.25, -0.2) is 4.98 Å². The molecule has 2 heterocycles. The van der Waals surface area contributed by atoms with Gasteiger partial charge in [-0.05, 0) is 17.9 Å². The van der Waals surface area contributed by atoms with E-state index in [0.29, 0.717) is 4.75 Å². The molecule has 0 spiro atoms. The summed E-state index contributed by atoms with van der Waals surface area (Å²) in [7, 11) is 0. The predicted molar refractivity (Wildman–Crippen MR) is 91.0 cm³/mol. The van der Waals surface area contributed by atoms with Crippen LogP contribution in [-0.4, -0.2) is 33.7 Å². The van der Waals surface area contributed by atoms with Crippen molar-refractivity contribution in [3.63, 3.8) is 0 Å². The second kappa shape index (κ2) is 5.85. The lowest BCUT2D eigenvalue weighted by Crippen LogP contribution is -2.28. The van der Waals surface area contributed by atoms with Crippen LogP contribution >= 0.6 is 11.8 Å². The molecule has 1 aromatic heterocycles. The largest absolute Gasteiger partial charge is 0.390 e. The van der Waals surface area contributed by atoms with Crippen molar-refractivity contribution in [1.82, 2.24) is 4.98 Å². The second-order valence-electron chi connectivity index (χ2n) is 6.16. The van der Waals surface area contributed by atoms with Gasteiger partial charge in [0.2, 0.25) is 0 Å². The van der Waals surface area contributed by atoms with E-state index in [-0.39, 0.29) is 6.61 Å². The Morgan fingerprint density at radius 1 is 1.29 bits per heavy atom. The molecule has 1 saturated heterocycles. The van der Waals surface area contributed by atoms with Gasteiger partial charge in [0.1, 0.15) is 5.82 Å². The first-order chi connectivity index (χ1) is 10.1. The van der Waals surface area contributed by atoms with Gasteiger partial charge in [0, 0.05) is 29.0 Å². The summed E-state index contributed by atoms with van der Waals surface area (Å²) in [5, 5.41) is 11.8. The third-order valence-corrected chi connectivity index (χ3v) is 5.44. The number of hydrogen-bond donors (Lipinski definition) is 1. The highest BCUT2D eigenvalue weighted by Crippen LogP contribution is 2.34. The van der Waals surface area contributed by atoms with E-state index in [9.17, 15) is 5.11 Å². The van der Waals surface area contributed by atoms with Gasteiger partial charge in [-0.1, -0.05) is 38.1 Å². The average molecular weight is 302 g/mol. The number of aliphatic hydroxyl groups is 1. The Labute approximate surface area is 130 Å². The molecule has 0 saturated carbocycles. The molecule has 2 aromatic rings. The quantitative estimate of drug-likeness (QED) is 0.922. The maximum absolute atomic E-state index is 9.47. The lowest BCUT2D eigenvalue weighted by Gasteiger charge is -2.25.